The lowest BCUT2D eigenvalue weighted by Crippen LogP contribution is -1.99. The summed E-state index contributed by atoms with van der Waals surface area (Å²) < 4.78 is 5.82. The van der Waals surface area contributed by atoms with Crippen LogP contribution in [0.4, 0.5) is 0 Å². The third-order valence-electron chi connectivity index (χ3n) is 3.14. The first-order chi connectivity index (χ1) is 9.25. The fraction of sp³-hybridized carbons (Fsp3) is 0.333. The Labute approximate surface area is 116 Å². The fourth-order valence-corrected chi connectivity index (χ4v) is 2.08. The molecule has 2 aromatic rings. The van der Waals surface area contributed by atoms with Gasteiger partial charge in [0.2, 0.25) is 0 Å². The van der Waals surface area contributed by atoms with E-state index in [1.807, 2.05) is 12.1 Å². The minimum atomic E-state index is 0.749. The number of hydrogen-bond acceptors (Lipinski definition) is 1. The van der Waals surface area contributed by atoms with Gasteiger partial charge in [-0.05, 0) is 42.0 Å². The quantitative estimate of drug-likeness (QED) is 0.646. The van der Waals surface area contributed by atoms with Crippen molar-refractivity contribution in [2.45, 2.75) is 26.7 Å². The first kappa shape index (κ1) is 13.7. The van der Waals surface area contributed by atoms with E-state index in [4.69, 9.17) is 4.74 Å². The topological polar surface area (TPSA) is 9.23 Å². The molecule has 2 rings (SSSR count). The molecule has 0 aliphatic carbocycles. The van der Waals surface area contributed by atoms with Gasteiger partial charge >= 0.3 is 0 Å². The number of rotatable bonds is 6. The van der Waals surface area contributed by atoms with Crippen LogP contribution >= 0.6 is 0 Å². The summed E-state index contributed by atoms with van der Waals surface area (Å²) in [5.74, 6) is 1.71. The van der Waals surface area contributed by atoms with Crippen LogP contribution < -0.4 is 4.74 Å². The van der Waals surface area contributed by atoms with Gasteiger partial charge in [-0.15, -0.1) is 0 Å². The molecule has 0 bridgehead atoms. The molecule has 0 unspecified atom stereocenters. The highest BCUT2D eigenvalue weighted by molar-refractivity contribution is 5.64. The smallest absolute Gasteiger partial charge is 0.119 e. The van der Waals surface area contributed by atoms with Gasteiger partial charge in [0.25, 0.3) is 0 Å². The van der Waals surface area contributed by atoms with Crippen molar-refractivity contribution in [1.82, 2.24) is 0 Å². The van der Waals surface area contributed by atoms with Crippen molar-refractivity contribution < 1.29 is 4.74 Å². The molecule has 0 spiro atoms. The Kier molecular flexibility index (Phi) is 5.02. The van der Waals surface area contributed by atoms with E-state index in [0.717, 1.165) is 24.7 Å². The highest BCUT2D eigenvalue weighted by Gasteiger charge is 2.00. The van der Waals surface area contributed by atoms with Gasteiger partial charge in [0.15, 0.2) is 0 Å². The summed E-state index contributed by atoms with van der Waals surface area (Å²) in [6.07, 6.45) is 2.34. The maximum absolute atomic E-state index is 5.82. The predicted octanol–water partition coefficient (Wildman–Crippen LogP) is 5.17. The molecule has 0 aromatic heterocycles. The van der Waals surface area contributed by atoms with E-state index in [0.29, 0.717) is 0 Å². The standard InChI is InChI=1S/C18H22O/c1-15(2)8-7-13-19-18-12-6-11-17(14-18)16-9-4-3-5-10-16/h3-6,9-12,14-15H,7-8,13H2,1-2H3. The van der Waals surface area contributed by atoms with Crippen LogP contribution in [-0.2, 0) is 0 Å². The van der Waals surface area contributed by atoms with E-state index in [-0.39, 0.29) is 0 Å². The van der Waals surface area contributed by atoms with E-state index in [1.165, 1.54) is 17.5 Å². The zero-order valence-corrected chi connectivity index (χ0v) is 11.8. The zero-order chi connectivity index (χ0) is 13.5. The lowest BCUT2D eigenvalue weighted by Gasteiger charge is -2.09. The summed E-state index contributed by atoms with van der Waals surface area (Å²) in [7, 11) is 0. The van der Waals surface area contributed by atoms with Gasteiger partial charge in [-0.1, -0.05) is 56.3 Å². The molecule has 0 saturated heterocycles. The third kappa shape index (κ3) is 4.44. The lowest BCUT2D eigenvalue weighted by atomic mass is 10.1. The van der Waals surface area contributed by atoms with Crippen molar-refractivity contribution in [1.29, 1.82) is 0 Å². The Morgan fingerprint density at radius 3 is 2.37 bits per heavy atom. The molecule has 0 aliphatic rings. The number of ether oxygens (including phenoxy) is 1. The summed E-state index contributed by atoms with van der Waals surface area (Å²) >= 11 is 0. The molecule has 1 heteroatoms. The van der Waals surface area contributed by atoms with Gasteiger partial charge in [0.05, 0.1) is 6.61 Å². The molecule has 0 atom stereocenters. The van der Waals surface area contributed by atoms with Crippen LogP contribution in [0.5, 0.6) is 5.75 Å². The van der Waals surface area contributed by atoms with Crippen molar-refractivity contribution in [3.63, 3.8) is 0 Å². The summed E-state index contributed by atoms with van der Waals surface area (Å²) in [6.45, 7) is 5.29. The minimum Gasteiger partial charge on any atom is -0.494 e. The molecule has 0 N–H and O–H groups in total. The Morgan fingerprint density at radius 2 is 1.63 bits per heavy atom. The molecule has 100 valence electrons. The lowest BCUT2D eigenvalue weighted by molar-refractivity contribution is 0.298. The monoisotopic (exact) mass is 254 g/mol. The SMILES string of the molecule is CC(C)CCCOc1cccc(-c2ccccc2)c1. The molecule has 0 aliphatic heterocycles. The second-order valence-corrected chi connectivity index (χ2v) is 5.28. The van der Waals surface area contributed by atoms with E-state index in [9.17, 15) is 0 Å². The molecule has 2 aromatic carbocycles. The number of hydrogen-bond donors (Lipinski definition) is 0. The van der Waals surface area contributed by atoms with Crippen molar-refractivity contribution in [3.05, 3.63) is 54.6 Å². The van der Waals surface area contributed by atoms with E-state index < -0.39 is 0 Å². The van der Waals surface area contributed by atoms with Crippen molar-refractivity contribution in [3.8, 4) is 16.9 Å². The molecular weight excluding hydrogens is 232 g/mol. The van der Waals surface area contributed by atoms with Crippen LogP contribution in [0.25, 0.3) is 11.1 Å². The molecular formula is C18H22O. The summed E-state index contributed by atoms with van der Waals surface area (Å²) in [6, 6.07) is 18.7. The van der Waals surface area contributed by atoms with E-state index in [2.05, 4.69) is 56.3 Å². The van der Waals surface area contributed by atoms with Gasteiger partial charge in [0.1, 0.15) is 5.75 Å². The van der Waals surface area contributed by atoms with Crippen LogP contribution in [0.1, 0.15) is 26.7 Å². The van der Waals surface area contributed by atoms with Crippen LogP contribution in [0.15, 0.2) is 54.6 Å². The van der Waals surface area contributed by atoms with Crippen molar-refractivity contribution in [2.75, 3.05) is 6.61 Å². The summed E-state index contributed by atoms with van der Waals surface area (Å²) in [5, 5.41) is 0. The highest BCUT2D eigenvalue weighted by atomic mass is 16.5. The molecule has 0 fully saturated rings. The average Bonchev–Trinajstić information content (AvgIpc) is 2.45. The van der Waals surface area contributed by atoms with E-state index in [1.54, 1.807) is 0 Å². The minimum absolute atomic E-state index is 0.749. The molecule has 19 heavy (non-hydrogen) atoms. The highest BCUT2D eigenvalue weighted by Crippen LogP contribution is 2.23. The molecule has 0 amide bonds. The second-order valence-electron chi connectivity index (χ2n) is 5.28. The first-order valence-corrected chi connectivity index (χ1v) is 7.04. The Morgan fingerprint density at radius 1 is 0.895 bits per heavy atom. The fourth-order valence-electron chi connectivity index (χ4n) is 2.08. The van der Waals surface area contributed by atoms with Crippen LogP contribution in [-0.4, -0.2) is 6.61 Å². The van der Waals surface area contributed by atoms with Crippen molar-refractivity contribution >= 4 is 0 Å². The van der Waals surface area contributed by atoms with Gasteiger partial charge in [-0.3, -0.25) is 0 Å². The normalized spacial score (nSPS) is 10.7. The first-order valence-electron chi connectivity index (χ1n) is 7.04. The molecule has 0 heterocycles. The van der Waals surface area contributed by atoms with Gasteiger partial charge in [-0.25, -0.2) is 0 Å². The Bertz CT molecular complexity index is 488. The Hall–Kier alpha value is -1.76. The average molecular weight is 254 g/mol. The Balaban J connectivity index is 1.96. The second kappa shape index (κ2) is 6.98. The molecule has 1 nitrogen and oxygen atoms in total. The maximum Gasteiger partial charge on any atom is 0.119 e. The summed E-state index contributed by atoms with van der Waals surface area (Å²) in [5.41, 5.74) is 2.44. The predicted molar refractivity (Wildman–Crippen MR) is 81.4 cm³/mol. The van der Waals surface area contributed by atoms with Gasteiger partial charge in [0, 0.05) is 0 Å². The van der Waals surface area contributed by atoms with Gasteiger partial charge in [-0.2, -0.15) is 0 Å². The van der Waals surface area contributed by atoms with Gasteiger partial charge < -0.3 is 4.74 Å². The maximum atomic E-state index is 5.82. The van der Waals surface area contributed by atoms with Crippen LogP contribution in [0.2, 0.25) is 0 Å². The van der Waals surface area contributed by atoms with E-state index >= 15 is 0 Å². The summed E-state index contributed by atoms with van der Waals surface area (Å²) in [4.78, 5) is 0. The number of benzene rings is 2. The van der Waals surface area contributed by atoms with Crippen molar-refractivity contribution in [2.24, 2.45) is 5.92 Å². The molecule has 0 radical (unpaired) electrons. The zero-order valence-electron chi connectivity index (χ0n) is 11.8. The van der Waals surface area contributed by atoms with Crippen LogP contribution in [0, 0.1) is 5.92 Å². The largest absolute Gasteiger partial charge is 0.494 e. The van der Waals surface area contributed by atoms with Crippen LogP contribution in [0.3, 0.4) is 0 Å². The third-order valence-corrected chi connectivity index (χ3v) is 3.14. The molecule has 0 saturated carbocycles.